The van der Waals surface area contributed by atoms with Crippen LogP contribution in [-0.2, 0) is 0 Å². The molecule has 2 N–H and O–H groups in total. The van der Waals surface area contributed by atoms with E-state index >= 15 is 0 Å². The van der Waals surface area contributed by atoms with E-state index < -0.39 is 11.4 Å². The molecule has 62 valence electrons. The van der Waals surface area contributed by atoms with E-state index in [-0.39, 0.29) is 5.39 Å². The van der Waals surface area contributed by atoms with E-state index in [0.717, 1.165) is 0 Å². The number of rotatable bonds is 0. The molecule has 0 aliphatic rings. The summed E-state index contributed by atoms with van der Waals surface area (Å²) in [4.78, 5) is 11.0. The highest BCUT2D eigenvalue weighted by molar-refractivity contribution is 9.10. The molecule has 0 fully saturated rings. The van der Waals surface area contributed by atoms with Crippen molar-refractivity contribution >= 4 is 26.8 Å². The van der Waals surface area contributed by atoms with Crippen LogP contribution in [0.4, 0.5) is 4.39 Å². The first kappa shape index (κ1) is 7.54. The minimum absolute atomic E-state index is 0.0678. The summed E-state index contributed by atoms with van der Waals surface area (Å²) >= 11 is 3.12. The Bertz CT molecular complexity index is 488. The number of aromatic amines is 2. The summed E-state index contributed by atoms with van der Waals surface area (Å²) in [6, 6.07) is 2.89. The Morgan fingerprint density at radius 1 is 1.33 bits per heavy atom. The van der Waals surface area contributed by atoms with Gasteiger partial charge in [0.05, 0.1) is 5.52 Å². The molecule has 2 aromatic rings. The molecule has 0 spiro atoms. The second-order valence-electron chi connectivity index (χ2n) is 2.39. The third-order valence-electron chi connectivity index (χ3n) is 1.59. The van der Waals surface area contributed by atoms with Crippen molar-refractivity contribution in [3.63, 3.8) is 0 Å². The summed E-state index contributed by atoms with van der Waals surface area (Å²) in [6.45, 7) is 0. The fourth-order valence-electron chi connectivity index (χ4n) is 1.09. The van der Waals surface area contributed by atoms with Gasteiger partial charge in [0.15, 0.2) is 0 Å². The topological polar surface area (TPSA) is 48.6 Å². The van der Waals surface area contributed by atoms with Gasteiger partial charge in [0.25, 0.3) is 5.56 Å². The first-order chi connectivity index (χ1) is 5.68. The predicted octanol–water partition coefficient (Wildman–Crippen LogP) is 1.76. The number of halogens is 2. The van der Waals surface area contributed by atoms with Gasteiger partial charge in [-0.3, -0.25) is 15.0 Å². The van der Waals surface area contributed by atoms with Crippen molar-refractivity contribution in [1.82, 2.24) is 10.2 Å². The lowest BCUT2D eigenvalue weighted by Crippen LogP contribution is -1.99. The van der Waals surface area contributed by atoms with Crippen LogP contribution in [0.1, 0.15) is 0 Å². The second kappa shape index (κ2) is 2.45. The maximum Gasteiger partial charge on any atom is 0.274 e. The van der Waals surface area contributed by atoms with E-state index in [1.807, 2.05) is 0 Å². The van der Waals surface area contributed by atoms with Gasteiger partial charge in [0, 0.05) is 4.47 Å². The molecule has 0 bridgehead atoms. The Morgan fingerprint density at radius 2 is 2.08 bits per heavy atom. The summed E-state index contributed by atoms with van der Waals surface area (Å²) in [7, 11) is 0. The highest BCUT2D eigenvalue weighted by Gasteiger charge is 2.07. The molecular weight excluding hydrogens is 227 g/mol. The van der Waals surface area contributed by atoms with Crippen molar-refractivity contribution in [2.24, 2.45) is 0 Å². The highest BCUT2D eigenvalue weighted by Crippen LogP contribution is 2.18. The fraction of sp³-hybridized carbons (Fsp3) is 0. The first-order valence-electron chi connectivity index (χ1n) is 3.24. The van der Waals surface area contributed by atoms with E-state index in [4.69, 9.17) is 0 Å². The Hall–Kier alpha value is -1.10. The first-order valence-corrected chi connectivity index (χ1v) is 4.03. The molecule has 0 saturated carbocycles. The van der Waals surface area contributed by atoms with Crippen LogP contribution in [0.15, 0.2) is 21.4 Å². The average Bonchev–Trinajstić information content (AvgIpc) is 2.31. The number of hydrogen-bond donors (Lipinski definition) is 2. The predicted molar refractivity (Wildman–Crippen MR) is 46.6 cm³/mol. The van der Waals surface area contributed by atoms with Crippen molar-refractivity contribution in [3.8, 4) is 0 Å². The molecule has 0 atom stereocenters. The van der Waals surface area contributed by atoms with E-state index in [9.17, 15) is 9.18 Å². The number of aromatic nitrogens is 2. The molecule has 1 aromatic carbocycles. The van der Waals surface area contributed by atoms with E-state index in [1.54, 1.807) is 6.07 Å². The summed E-state index contributed by atoms with van der Waals surface area (Å²) < 4.78 is 13.7. The summed E-state index contributed by atoms with van der Waals surface area (Å²) in [5.74, 6) is -0.526. The normalized spacial score (nSPS) is 10.8. The maximum absolute atomic E-state index is 13.1. The Balaban J connectivity index is 3.03. The second-order valence-corrected chi connectivity index (χ2v) is 3.30. The molecule has 0 saturated heterocycles. The zero-order chi connectivity index (χ0) is 8.72. The van der Waals surface area contributed by atoms with Crippen molar-refractivity contribution in [2.45, 2.75) is 0 Å². The van der Waals surface area contributed by atoms with Gasteiger partial charge in [-0.2, -0.15) is 0 Å². The van der Waals surface area contributed by atoms with Crippen molar-refractivity contribution in [1.29, 1.82) is 0 Å². The van der Waals surface area contributed by atoms with Gasteiger partial charge in [-0.05, 0) is 12.1 Å². The van der Waals surface area contributed by atoms with Gasteiger partial charge in [-0.1, -0.05) is 15.9 Å². The summed E-state index contributed by atoms with van der Waals surface area (Å²) in [5, 5.41) is 4.93. The molecule has 5 heteroatoms. The van der Waals surface area contributed by atoms with Crippen LogP contribution >= 0.6 is 15.9 Å². The molecular formula is C7H4BrFN2O. The molecule has 1 aromatic heterocycles. The van der Waals surface area contributed by atoms with Gasteiger partial charge in [0.1, 0.15) is 11.2 Å². The van der Waals surface area contributed by atoms with E-state index in [0.29, 0.717) is 9.99 Å². The molecule has 1 heterocycles. The Kier molecular flexibility index (Phi) is 1.54. The monoisotopic (exact) mass is 230 g/mol. The number of hydrogen-bond acceptors (Lipinski definition) is 1. The number of benzene rings is 1. The van der Waals surface area contributed by atoms with Gasteiger partial charge >= 0.3 is 0 Å². The van der Waals surface area contributed by atoms with Gasteiger partial charge in [-0.25, -0.2) is 4.39 Å². The third-order valence-corrected chi connectivity index (χ3v) is 2.05. The van der Waals surface area contributed by atoms with Crippen LogP contribution in [0.2, 0.25) is 0 Å². The maximum atomic E-state index is 13.1. The lowest BCUT2D eigenvalue weighted by Gasteiger charge is -1.91. The van der Waals surface area contributed by atoms with Crippen molar-refractivity contribution in [2.75, 3.05) is 0 Å². The average molecular weight is 231 g/mol. The number of H-pyrrole nitrogens is 2. The third kappa shape index (κ3) is 0.972. The van der Waals surface area contributed by atoms with Crippen LogP contribution in [-0.4, -0.2) is 10.2 Å². The Labute approximate surface area is 74.7 Å². The van der Waals surface area contributed by atoms with Crippen LogP contribution < -0.4 is 5.56 Å². The molecule has 12 heavy (non-hydrogen) atoms. The largest absolute Gasteiger partial charge is 0.297 e. The highest BCUT2D eigenvalue weighted by atomic mass is 79.9. The van der Waals surface area contributed by atoms with Gasteiger partial charge in [-0.15, -0.1) is 0 Å². The van der Waals surface area contributed by atoms with E-state index in [1.165, 1.54) is 6.07 Å². The lowest BCUT2D eigenvalue weighted by molar-refractivity contribution is 0.638. The van der Waals surface area contributed by atoms with E-state index in [2.05, 4.69) is 26.1 Å². The van der Waals surface area contributed by atoms with Gasteiger partial charge in [0.2, 0.25) is 0 Å². The van der Waals surface area contributed by atoms with Crippen LogP contribution in [0, 0.1) is 5.82 Å². The quantitative estimate of drug-likeness (QED) is 0.712. The van der Waals surface area contributed by atoms with Crippen LogP contribution in [0.25, 0.3) is 10.9 Å². The fourth-order valence-corrected chi connectivity index (χ4v) is 1.52. The van der Waals surface area contributed by atoms with Crippen molar-refractivity contribution < 1.29 is 4.39 Å². The standard InChI is InChI=1S/C7H4BrFN2O/c8-3-1-4(9)6-5(2-3)10-11-7(6)12/h1-2H,(H2,10,11,12). The molecule has 3 nitrogen and oxygen atoms in total. The smallest absolute Gasteiger partial charge is 0.274 e. The van der Waals surface area contributed by atoms with Gasteiger partial charge < -0.3 is 0 Å². The lowest BCUT2D eigenvalue weighted by atomic mass is 10.2. The zero-order valence-electron chi connectivity index (χ0n) is 5.82. The minimum atomic E-state index is -0.526. The molecule has 0 aliphatic heterocycles. The molecule has 0 unspecified atom stereocenters. The molecule has 0 radical (unpaired) electrons. The molecule has 0 aliphatic carbocycles. The Morgan fingerprint density at radius 3 is 2.83 bits per heavy atom. The summed E-state index contributed by atoms with van der Waals surface area (Å²) in [5.41, 5.74) is 0.0295. The van der Waals surface area contributed by atoms with Crippen LogP contribution in [0.3, 0.4) is 0 Å². The number of nitrogens with one attached hydrogen (secondary N) is 2. The minimum Gasteiger partial charge on any atom is -0.297 e. The SMILES string of the molecule is O=c1[nH][nH]c2cc(Br)cc(F)c12. The number of fused-ring (bicyclic) bond motifs is 1. The molecule has 2 rings (SSSR count). The summed E-state index contributed by atoms with van der Waals surface area (Å²) in [6.07, 6.45) is 0. The zero-order valence-corrected chi connectivity index (χ0v) is 7.40. The van der Waals surface area contributed by atoms with Crippen molar-refractivity contribution in [3.05, 3.63) is 32.8 Å². The molecule has 0 amide bonds. The van der Waals surface area contributed by atoms with Crippen LogP contribution in [0.5, 0.6) is 0 Å².